The molecule has 5 nitrogen and oxygen atoms in total. The summed E-state index contributed by atoms with van der Waals surface area (Å²) in [4.78, 5) is 11.2. The Balaban J connectivity index is 1.90. The Hall–Kier alpha value is -1.17. The van der Waals surface area contributed by atoms with Crippen LogP contribution in [0.1, 0.15) is 32.6 Å². The maximum absolute atomic E-state index is 11.2. The van der Waals surface area contributed by atoms with Crippen molar-refractivity contribution in [3.05, 3.63) is 23.8 Å². The molecule has 0 spiro atoms. The van der Waals surface area contributed by atoms with Crippen molar-refractivity contribution >= 4 is 5.97 Å². The fourth-order valence-electron chi connectivity index (χ4n) is 2.71. The Bertz CT molecular complexity index is 414. The van der Waals surface area contributed by atoms with Crippen LogP contribution in [0.2, 0.25) is 0 Å². The molecule has 2 aliphatic rings. The molecular weight excluding hydrogens is 260 g/mol. The molecule has 1 heterocycles. The number of ether oxygens (including phenoxy) is 1. The van der Waals surface area contributed by atoms with Crippen LogP contribution in [0.15, 0.2) is 23.8 Å². The molecule has 1 aliphatic carbocycles. The Morgan fingerprint density at radius 1 is 1.45 bits per heavy atom. The minimum absolute atomic E-state index is 0.266. The van der Waals surface area contributed by atoms with Gasteiger partial charge in [0.1, 0.15) is 6.10 Å². The summed E-state index contributed by atoms with van der Waals surface area (Å²) in [7, 11) is 0. The first kappa shape index (κ1) is 15.2. The number of rotatable bonds is 6. The van der Waals surface area contributed by atoms with Gasteiger partial charge < -0.3 is 20.1 Å². The average Bonchev–Trinajstić information content (AvgIpc) is 2.89. The molecule has 112 valence electrons. The number of hydrogen-bond acceptors (Lipinski definition) is 5. The molecule has 3 N–H and O–H groups in total. The van der Waals surface area contributed by atoms with Gasteiger partial charge >= 0.3 is 5.97 Å². The summed E-state index contributed by atoms with van der Waals surface area (Å²) in [6.07, 6.45) is 4.98. The highest BCUT2D eigenvalue weighted by atomic mass is 16.5. The number of aliphatic hydroxyl groups is 3. The van der Waals surface area contributed by atoms with Gasteiger partial charge in [-0.2, -0.15) is 0 Å². The van der Waals surface area contributed by atoms with Crippen LogP contribution in [0, 0.1) is 5.92 Å². The zero-order valence-electron chi connectivity index (χ0n) is 11.6. The van der Waals surface area contributed by atoms with Crippen LogP contribution in [0.5, 0.6) is 0 Å². The van der Waals surface area contributed by atoms with E-state index in [1.165, 1.54) is 6.08 Å². The number of esters is 1. The highest BCUT2D eigenvalue weighted by Gasteiger charge is 2.42. The number of carbonyl (C=O) groups excluding carboxylic acids is 1. The number of carbonyl (C=O) groups is 1. The van der Waals surface area contributed by atoms with Crippen molar-refractivity contribution in [2.24, 2.45) is 5.92 Å². The second kappa shape index (κ2) is 6.52. The van der Waals surface area contributed by atoms with Crippen LogP contribution in [0.3, 0.4) is 0 Å². The van der Waals surface area contributed by atoms with Crippen LogP contribution in [-0.4, -0.2) is 45.7 Å². The molecule has 0 amide bonds. The van der Waals surface area contributed by atoms with Gasteiger partial charge in [0, 0.05) is 18.4 Å². The van der Waals surface area contributed by atoms with E-state index in [4.69, 9.17) is 4.74 Å². The van der Waals surface area contributed by atoms with Crippen molar-refractivity contribution in [3.8, 4) is 0 Å². The third-order valence-corrected chi connectivity index (χ3v) is 3.98. The largest absolute Gasteiger partial charge is 0.455 e. The Kier molecular flexibility index (Phi) is 4.96. The molecule has 20 heavy (non-hydrogen) atoms. The van der Waals surface area contributed by atoms with E-state index in [2.05, 4.69) is 0 Å². The lowest BCUT2D eigenvalue weighted by Crippen LogP contribution is -2.14. The van der Waals surface area contributed by atoms with Gasteiger partial charge in [0.05, 0.1) is 18.3 Å². The van der Waals surface area contributed by atoms with Crippen molar-refractivity contribution in [2.45, 2.75) is 57.0 Å². The maximum atomic E-state index is 11.2. The van der Waals surface area contributed by atoms with Crippen molar-refractivity contribution < 1.29 is 24.9 Å². The lowest BCUT2D eigenvalue weighted by Gasteiger charge is -2.12. The lowest BCUT2D eigenvalue weighted by atomic mass is 9.98. The molecule has 5 unspecified atom stereocenters. The number of hydrogen-bond donors (Lipinski definition) is 3. The zero-order chi connectivity index (χ0) is 14.7. The second-order valence-corrected chi connectivity index (χ2v) is 5.49. The van der Waals surface area contributed by atoms with E-state index < -0.39 is 12.2 Å². The standard InChI is InChI=1S/C15H22O5/c1-2-9(16)3-4-10(17)5-6-11-12-7-15(19)20-14(12)8-13(11)18/h5-7,9-11,13-14,16-18H,2-4,8H2,1H3/b6-5+. The highest BCUT2D eigenvalue weighted by Crippen LogP contribution is 2.38. The summed E-state index contributed by atoms with van der Waals surface area (Å²) in [5.74, 6) is -0.626. The van der Waals surface area contributed by atoms with Crippen LogP contribution in [-0.2, 0) is 9.53 Å². The van der Waals surface area contributed by atoms with Crippen molar-refractivity contribution in [1.82, 2.24) is 0 Å². The van der Waals surface area contributed by atoms with Gasteiger partial charge in [-0.1, -0.05) is 19.1 Å². The summed E-state index contributed by atoms with van der Waals surface area (Å²) in [5.41, 5.74) is 0.791. The van der Waals surface area contributed by atoms with E-state index in [0.29, 0.717) is 25.7 Å². The smallest absolute Gasteiger partial charge is 0.331 e. The van der Waals surface area contributed by atoms with E-state index in [1.807, 2.05) is 6.92 Å². The molecule has 0 saturated heterocycles. The zero-order valence-corrected chi connectivity index (χ0v) is 11.6. The van der Waals surface area contributed by atoms with Crippen LogP contribution < -0.4 is 0 Å². The first-order chi connectivity index (χ1) is 9.51. The van der Waals surface area contributed by atoms with E-state index in [0.717, 1.165) is 5.57 Å². The minimum Gasteiger partial charge on any atom is -0.455 e. The van der Waals surface area contributed by atoms with Crippen molar-refractivity contribution in [3.63, 3.8) is 0 Å². The minimum atomic E-state index is -0.652. The van der Waals surface area contributed by atoms with Crippen LogP contribution >= 0.6 is 0 Å². The van der Waals surface area contributed by atoms with Crippen LogP contribution in [0.25, 0.3) is 0 Å². The van der Waals surface area contributed by atoms with Gasteiger partial charge in [-0.25, -0.2) is 4.79 Å². The van der Waals surface area contributed by atoms with Gasteiger partial charge in [-0.3, -0.25) is 0 Å². The van der Waals surface area contributed by atoms with E-state index in [9.17, 15) is 20.1 Å². The first-order valence-electron chi connectivity index (χ1n) is 7.15. The first-order valence-corrected chi connectivity index (χ1v) is 7.15. The third-order valence-electron chi connectivity index (χ3n) is 3.98. The SMILES string of the molecule is CCC(O)CCC(O)/C=C/C1C2=CC(=O)OC2CC1O. The van der Waals surface area contributed by atoms with Crippen molar-refractivity contribution in [2.75, 3.05) is 0 Å². The molecule has 1 saturated carbocycles. The molecule has 2 rings (SSSR count). The quantitative estimate of drug-likeness (QED) is 0.493. The summed E-state index contributed by atoms with van der Waals surface area (Å²) >= 11 is 0. The molecule has 0 aromatic carbocycles. The normalized spacial score (nSPS) is 32.1. The highest BCUT2D eigenvalue weighted by molar-refractivity contribution is 5.86. The maximum Gasteiger partial charge on any atom is 0.331 e. The van der Waals surface area contributed by atoms with Gasteiger partial charge in [0.25, 0.3) is 0 Å². The van der Waals surface area contributed by atoms with Crippen LogP contribution in [0.4, 0.5) is 0 Å². The fourth-order valence-corrected chi connectivity index (χ4v) is 2.71. The van der Waals surface area contributed by atoms with Gasteiger partial charge in [-0.05, 0) is 24.8 Å². The Labute approximate surface area is 118 Å². The predicted molar refractivity (Wildman–Crippen MR) is 72.8 cm³/mol. The number of aliphatic hydroxyl groups excluding tert-OH is 3. The molecule has 1 fully saturated rings. The van der Waals surface area contributed by atoms with Gasteiger partial charge in [0.15, 0.2) is 0 Å². The number of fused-ring (bicyclic) bond motifs is 1. The Morgan fingerprint density at radius 2 is 2.20 bits per heavy atom. The van der Waals surface area contributed by atoms with Gasteiger partial charge in [0.2, 0.25) is 0 Å². The second-order valence-electron chi connectivity index (χ2n) is 5.49. The topological polar surface area (TPSA) is 87.0 Å². The van der Waals surface area contributed by atoms with Crippen molar-refractivity contribution in [1.29, 1.82) is 0 Å². The van der Waals surface area contributed by atoms with E-state index in [-0.39, 0.29) is 24.1 Å². The molecular formula is C15H22O5. The third kappa shape index (κ3) is 3.48. The van der Waals surface area contributed by atoms with E-state index in [1.54, 1.807) is 12.2 Å². The average molecular weight is 282 g/mol. The van der Waals surface area contributed by atoms with E-state index >= 15 is 0 Å². The monoisotopic (exact) mass is 282 g/mol. The molecule has 0 bridgehead atoms. The molecule has 0 aromatic rings. The fraction of sp³-hybridized carbons (Fsp3) is 0.667. The summed E-state index contributed by atoms with van der Waals surface area (Å²) in [6, 6.07) is 0. The summed E-state index contributed by atoms with van der Waals surface area (Å²) < 4.78 is 5.07. The van der Waals surface area contributed by atoms with Gasteiger partial charge in [-0.15, -0.1) is 0 Å². The molecule has 0 radical (unpaired) electrons. The molecule has 5 heteroatoms. The molecule has 0 aromatic heterocycles. The molecule has 5 atom stereocenters. The summed E-state index contributed by atoms with van der Waals surface area (Å²) in [6.45, 7) is 1.89. The lowest BCUT2D eigenvalue weighted by molar-refractivity contribution is -0.139. The molecule has 1 aliphatic heterocycles. The Morgan fingerprint density at radius 3 is 2.90 bits per heavy atom. The summed E-state index contributed by atoms with van der Waals surface area (Å²) in [5, 5.41) is 29.2. The predicted octanol–water partition coefficient (Wildman–Crippen LogP) is 0.687.